The van der Waals surface area contributed by atoms with Crippen LogP contribution in [0.2, 0.25) is 0 Å². The van der Waals surface area contributed by atoms with E-state index in [-0.39, 0.29) is 5.54 Å². The van der Waals surface area contributed by atoms with E-state index in [9.17, 15) is 0 Å². The van der Waals surface area contributed by atoms with Gasteiger partial charge in [0.05, 0.1) is 5.54 Å². The standard InChI is InChI=1S/C10H18N4/c1-10(2)3-4-12-9(13-10)14-7-5-11-6-8-14/h3-4,11H,5-8H2,1-2H3,(H,12,13). The van der Waals surface area contributed by atoms with Gasteiger partial charge in [-0.2, -0.15) is 0 Å². The van der Waals surface area contributed by atoms with Gasteiger partial charge >= 0.3 is 0 Å². The second kappa shape index (κ2) is 3.61. The van der Waals surface area contributed by atoms with Gasteiger partial charge in [0.25, 0.3) is 0 Å². The first kappa shape index (κ1) is 9.52. The summed E-state index contributed by atoms with van der Waals surface area (Å²) < 4.78 is 0. The molecular weight excluding hydrogens is 176 g/mol. The van der Waals surface area contributed by atoms with Crippen molar-refractivity contribution in [2.45, 2.75) is 19.4 Å². The van der Waals surface area contributed by atoms with Crippen molar-refractivity contribution in [3.63, 3.8) is 0 Å². The highest BCUT2D eigenvalue weighted by Gasteiger charge is 2.21. The van der Waals surface area contributed by atoms with Crippen LogP contribution in [0, 0.1) is 0 Å². The van der Waals surface area contributed by atoms with Gasteiger partial charge in [-0.1, -0.05) is 0 Å². The predicted molar refractivity (Wildman–Crippen MR) is 58.2 cm³/mol. The maximum Gasteiger partial charge on any atom is 0.198 e. The minimum Gasteiger partial charge on any atom is -0.340 e. The van der Waals surface area contributed by atoms with Crippen molar-refractivity contribution in [2.75, 3.05) is 26.2 Å². The fraction of sp³-hybridized carbons (Fsp3) is 0.700. The molecule has 2 aliphatic rings. The molecule has 2 rings (SSSR count). The Morgan fingerprint density at radius 2 is 2.07 bits per heavy atom. The summed E-state index contributed by atoms with van der Waals surface area (Å²) >= 11 is 0. The van der Waals surface area contributed by atoms with Crippen LogP contribution < -0.4 is 10.6 Å². The zero-order valence-corrected chi connectivity index (χ0v) is 8.88. The van der Waals surface area contributed by atoms with Crippen LogP contribution in [0.4, 0.5) is 0 Å². The maximum atomic E-state index is 4.65. The van der Waals surface area contributed by atoms with Crippen molar-refractivity contribution in [2.24, 2.45) is 4.99 Å². The van der Waals surface area contributed by atoms with Crippen LogP contribution in [-0.4, -0.2) is 42.6 Å². The van der Waals surface area contributed by atoms with Gasteiger partial charge in [0.1, 0.15) is 0 Å². The molecule has 0 aromatic rings. The summed E-state index contributed by atoms with van der Waals surface area (Å²) in [6, 6.07) is 0. The van der Waals surface area contributed by atoms with Crippen LogP contribution in [0.5, 0.6) is 0 Å². The van der Waals surface area contributed by atoms with Gasteiger partial charge in [0, 0.05) is 32.4 Å². The maximum absolute atomic E-state index is 4.65. The Morgan fingerprint density at radius 3 is 2.71 bits per heavy atom. The average molecular weight is 194 g/mol. The van der Waals surface area contributed by atoms with Gasteiger partial charge in [0.15, 0.2) is 5.96 Å². The lowest BCUT2D eigenvalue weighted by Crippen LogP contribution is -2.51. The molecule has 0 saturated carbocycles. The van der Waals surface area contributed by atoms with Crippen molar-refractivity contribution in [3.8, 4) is 0 Å². The molecule has 0 bridgehead atoms. The highest BCUT2D eigenvalue weighted by molar-refractivity contribution is 5.82. The second-order valence-electron chi connectivity index (χ2n) is 4.30. The zero-order valence-electron chi connectivity index (χ0n) is 8.88. The molecule has 2 heterocycles. The largest absolute Gasteiger partial charge is 0.340 e. The van der Waals surface area contributed by atoms with Crippen molar-refractivity contribution < 1.29 is 0 Å². The van der Waals surface area contributed by atoms with Gasteiger partial charge < -0.3 is 15.5 Å². The van der Waals surface area contributed by atoms with Gasteiger partial charge in [-0.15, -0.1) is 0 Å². The molecule has 0 aliphatic carbocycles. The highest BCUT2D eigenvalue weighted by atomic mass is 15.3. The number of nitrogens with zero attached hydrogens (tertiary/aromatic N) is 2. The van der Waals surface area contributed by atoms with Crippen molar-refractivity contribution in [1.29, 1.82) is 0 Å². The Hall–Kier alpha value is -1.03. The minimum atomic E-state index is -0.0640. The lowest BCUT2D eigenvalue weighted by molar-refractivity contribution is 0.344. The number of piperazine rings is 1. The van der Waals surface area contributed by atoms with Crippen LogP contribution >= 0.6 is 0 Å². The van der Waals surface area contributed by atoms with Crippen molar-refractivity contribution in [3.05, 3.63) is 12.3 Å². The van der Waals surface area contributed by atoms with E-state index < -0.39 is 0 Å². The van der Waals surface area contributed by atoms with E-state index in [0.717, 1.165) is 32.1 Å². The first-order valence-corrected chi connectivity index (χ1v) is 5.17. The van der Waals surface area contributed by atoms with Crippen LogP contribution in [0.15, 0.2) is 17.3 Å². The molecule has 0 radical (unpaired) electrons. The number of hydrogen-bond donors (Lipinski definition) is 2. The predicted octanol–water partition coefficient (Wildman–Crippen LogP) is 0.143. The van der Waals surface area contributed by atoms with Crippen molar-refractivity contribution in [1.82, 2.24) is 15.5 Å². The highest BCUT2D eigenvalue weighted by Crippen LogP contribution is 2.14. The third-order valence-corrected chi connectivity index (χ3v) is 2.51. The SMILES string of the molecule is CC1(C)C=CNC(N2CCNCC2)=N1. The smallest absolute Gasteiger partial charge is 0.198 e. The second-order valence-corrected chi connectivity index (χ2v) is 4.30. The fourth-order valence-corrected chi connectivity index (χ4v) is 1.70. The number of guanidine groups is 1. The Balaban J connectivity index is 2.06. The molecule has 1 saturated heterocycles. The molecule has 0 unspecified atom stereocenters. The number of rotatable bonds is 0. The molecule has 1 fully saturated rings. The molecule has 0 amide bonds. The van der Waals surface area contributed by atoms with Crippen LogP contribution in [0.3, 0.4) is 0 Å². The lowest BCUT2D eigenvalue weighted by Gasteiger charge is -2.33. The molecule has 14 heavy (non-hydrogen) atoms. The molecule has 78 valence electrons. The molecule has 4 heteroatoms. The topological polar surface area (TPSA) is 39.7 Å². The Kier molecular flexibility index (Phi) is 2.46. The Bertz CT molecular complexity index is 261. The number of nitrogens with one attached hydrogen (secondary N) is 2. The molecule has 0 aromatic heterocycles. The van der Waals surface area contributed by atoms with Crippen molar-refractivity contribution >= 4 is 5.96 Å². The normalized spacial score (nSPS) is 25.6. The summed E-state index contributed by atoms with van der Waals surface area (Å²) in [6.07, 6.45) is 4.07. The first-order valence-electron chi connectivity index (χ1n) is 5.17. The molecular formula is C10H18N4. The summed E-state index contributed by atoms with van der Waals surface area (Å²) in [6.45, 7) is 8.40. The third-order valence-electron chi connectivity index (χ3n) is 2.51. The first-order chi connectivity index (χ1) is 6.67. The third kappa shape index (κ3) is 2.07. The summed E-state index contributed by atoms with van der Waals surface area (Å²) in [5.41, 5.74) is -0.0640. The molecule has 4 nitrogen and oxygen atoms in total. The molecule has 2 N–H and O–H groups in total. The molecule has 0 atom stereocenters. The van der Waals surface area contributed by atoms with Gasteiger partial charge in [-0.05, 0) is 19.9 Å². The Morgan fingerprint density at radius 1 is 1.36 bits per heavy atom. The van der Waals surface area contributed by atoms with Gasteiger partial charge in [0.2, 0.25) is 0 Å². The van der Waals surface area contributed by atoms with Gasteiger partial charge in [-0.3, -0.25) is 0 Å². The number of aliphatic imine (C=N–C) groups is 1. The van der Waals surface area contributed by atoms with E-state index in [2.05, 4.69) is 40.4 Å². The van der Waals surface area contributed by atoms with E-state index in [1.54, 1.807) is 0 Å². The van der Waals surface area contributed by atoms with Crippen LogP contribution in [-0.2, 0) is 0 Å². The summed E-state index contributed by atoms with van der Waals surface area (Å²) in [5, 5.41) is 6.54. The average Bonchev–Trinajstić information content (AvgIpc) is 2.18. The van der Waals surface area contributed by atoms with Crippen LogP contribution in [0.25, 0.3) is 0 Å². The van der Waals surface area contributed by atoms with Gasteiger partial charge in [-0.25, -0.2) is 4.99 Å². The summed E-state index contributed by atoms with van der Waals surface area (Å²) in [5.74, 6) is 1.01. The van der Waals surface area contributed by atoms with E-state index in [4.69, 9.17) is 0 Å². The quantitative estimate of drug-likeness (QED) is 0.576. The summed E-state index contributed by atoms with van der Waals surface area (Å²) in [7, 11) is 0. The van der Waals surface area contributed by atoms with E-state index in [0.29, 0.717) is 0 Å². The van der Waals surface area contributed by atoms with E-state index >= 15 is 0 Å². The number of hydrogen-bond acceptors (Lipinski definition) is 4. The minimum absolute atomic E-state index is 0.0640. The monoisotopic (exact) mass is 194 g/mol. The Labute approximate surface area is 85.1 Å². The fourth-order valence-electron chi connectivity index (χ4n) is 1.70. The molecule has 2 aliphatic heterocycles. The van der Waals surface area contributed by atoms with E-state index in [1.165, 1.54) is 0 Å². The van der Waals surface area contributed by atoms with Crippen LogP contribution in [0.1, 0.15) is 13.8 Å². The molecule has 0 spiro atoms. The zero-order chi connectivity index (χ0) is 10.0. The van der Waals surface area contributed by atoms with E-state index in [1.807, 2.05) is 6.20 Å². The molecule has 0 aromatic carbocycles. The lowest BCUT2D eigenvalue weighted by atomic mass is 10.1. The summed E-state index contributed by atoms with van der Waals surface area (Å²) in [4.78, 5) is 6.95.